The molecule has 0 unspecified atom stereocenters. The van der Waals surface area contributed by atoms with E-state index in [1.54, 1.807) is 6.08 Å². The third-order valence-electron chi connectivity index (χ3n) is 1.66. The lowest BCUT2D eigenvalue weighted by atomic mass is 10.2. The van der Waals surface area contributed by atoms with Gasteiger partial charge in [0.05, 0.1) is 7.11 Å². The van der Waals surface area contributed by atoms with Gasteiger partial charge in [0.2, 0.25) is 0 Å². The van der Waals surface area contributed by atoms with E-state index in [0.717, 1.165) is 12.8 Å². The molecule has 1 heterocycles. The van der Waals surface area contributed by atoms with Crippen LogP contribution in [0.5, 0.6) is 0 Å². The Morgan fingerprint density at radius 3 is 3.08 bits per heavy atom. The van der Waals surface area contributed by atoms with Crippen LogP contribution in [0.2, 0.25) is 0 Å². The van der Waals surface area contributed by atoms with Crippen LogP contribution in [0.15, 0.2) is 11.6 Å². The quantitative estimate of drug-likeness (QED) is 0.444. The zero-order valence-corrected chi connectivity index (χ0v) is 6.92. The fraction of sp³-hybridized carbons (Fsp3) is 0.500. The Labute approximate surface area is 70.6 Å². The highest BCUT2D eigenvalue weighted by Gasteiger charge is 2.19. The smallest absolute Gasteiger partial charge is 0.343 e. The zero-order chi connectivity index (χ0) is 8.97. The van der Waals surface area contributed by atoms with Gasteiger partial charge in [0.25, 0.3) is 5.91 Å². The largest absolute Gasteiger partial charge is 0.465 e. The summed E-state index contributed by atoms with van der Waals surface area (Å²) in [4.78, 5) is 22.1. The molecule has 0 aromatic heterocycles. The Bertz CT molecular complexity index is 232. The minimum atomic E-state index is -0.561. The van der Waals surface area contributed by atoms with Gasteiger partial charge in [-0.2, -0.15) is 0 Å². The number of hydrogen-bond donors (Lipinski definition) is 1. The Hall–Kier alpha value is -1.32. The van der Waals surface area contributed by atoms with Gasteiger partial charge < -0.3 is 10.1 Å². The maximum absolute atomic E-state index is 11.1. The van der Waals surface area contributed by atoms with Crippen LogP contribution in [-0.4, -0.2) is 25.5 Å². The highest BCUT2D eigenvalue weighted by molar-refractivity contribution is 6.16. The van der Waals surface area contributed by atoms with Crippen LogP contribution in [0.4, 0.5) is 0 Å². The van der Waals surface area contributed by atoms with Crippen molar-refractivity contribution in [2.75, 3.05) is 13.7 Å². The first-order chi connectivity index (χ1) is 5.75. The van der Waals surface area contributed by atoms with Gasteiger partial charge in [-0.15, -0.1) is 0 Å². The Kier molecular flexibility index (Phi) is 2.85. The first-order valence-electron chi connectivity index (χ1n) is 3.82. The first-order valence-corrected chi connectivity index (χ1v) is 3.82. The van der Waals surface area contributed by atoms with Gasteiger partial charge in [-0.3, -0.25) is 4.79 Å². The number of methoxy groups -OCH3 is 1. The van der Waals surface area contributed by atoms with Crippen molar-refractivity contribution in [1.82, 2.24) is 5.32 Å². The number of hydrogen-bond acceptors (Lipinski definition) is 3. The van der Waals surface area contributed by atoms with E-state index in [1.165, 1.54) is 7.11 Å². The minimum absolute atomic E-state index is 0.120. The van der Waals surface area contributed by atoms with Crippen LogP contribution in [-0.2, 0) is 14.3 Å². The minimum Gasteiger partial charge on any atom is -0.465 e. The van der Waals surface area contributed by atoms with E-state index in [4.69, 9.17) is 0 Å². The first kappa shape index (κ1) is 8.77. The maximum Gasteiger partial charge on any atom is 0.343 e. The van der Waals surface area contributed by atoms with E-state index in [2.05, 4.69) is 10.1 Å². The monoisotopic (exact) mass is 169 g/mol. The predicted molar refractivity (Wildman–Crippen MR) is 42.3 cm³/mol. The van der Waals surface area contributed by atoms with Crippen LogP contribution < -0.4 is 5.32 Å². The van der Waals surface area contributed by atoms with Gasteiger partial charge in [0, 0.05) is 6.54 Å². The van der Waals surface area contributed by atoms with Crippen LogP contribution >= 0.6 is 0 Å². The zero-order valence-electron chi connectivity index (χ0n) is 6.92. The van der Waals surface area contributed by atoms with E-state index < -0.39 is 5.97 Å². The van der Waals surface area contributed by atoms with Gasteiger partial charge >= 0.3 is 5.97 Å². The number of ether oxygens (including phenoxy) is 1. The van der Waals surface area contributed by atoms with Gasteiger partial charge in [0.15, 0.2) is 0 Å². The summed E-state index contributed by atoms with van der Waals surface area (Å²) in [5.41, 5.74) is 0.120. The van der Waals surface area contributed by atoms with Crippen molar-refractivity contribution in [3.8, 4) is 0 Å². The van der Waals surface area contributed by atoms with Gasteiger partial charge in [0.1, 0.15) is 5.57 Å². The fourth-order valence-corrected chi connectivity index (χ4v) is 1.02. The lowest BCUT2D eigenvalue weighted by Gasteiger charge is -2.01. The summed E-state index contributed by atoms with van der Waals surface area (Å²) in [6, 6.07) is 0. The number of carbonyl (C=O) groups is 2. The molecule has 1 amide bonds. The van der Waals surface area contributed by atoms with Crippen molar-refractivity contribution in [2.45, 2.75) is 12.8 Å². The summed E-state index contributed by atoms with van der Waals surface area (Å²) in [5, 5.41) is 2.60. The van der Waals surface area contributed by atoms with Crippen LogP contribution in [0.25, 0.3) is 0 Å². The normalized spacial score (nSPS) is 17.4. The van der Waals surface area contributed by atoms with Gasteiger partial charge in [-0.05, 0) is 12.8 Å². The van der Waals surface area contributed by atoms with Crippen molar-refractivity contribution in [3.63, 3.8) is 0 Å². The molecule has 1 rings (SSSR count). The molecule has 1 N–H and O–H groups in total. The molecule has 0 fully saturated rings. The molecule has 66 valence electrons. The van der Waals surface area contributed by atoms with Crippen molar-refractivity contribution in [3.05, 3.63) is 11.6 Å². The van der Waals surface area contributed by atoms with Crippen LogP contribution in [0.1, 0.15) is 12.8 Å². The van der Waals surface area contributed by atoms with E-state index >= 15 is 0 Å². The molecular weight excluding hydrogens is 158 g/mol. The van der Waals surface area contributed by atoms with Crippen molar-refractivity contribution >= 4 is 11.9 Å². The molecular formula is C8H11NO3. The molecule has 0 aromatic rings. The average Bonchev–Trinajstić information content (AvgIpc) is 2.28. The topological polar surface area (TPSA) is 55.4 Å². The third-order valence-corrected chi connectivity index (χ3v) is 1.66. The molecule has 0 bridgehead atoms. The van der Waals surface area contributed by atoms with Gasteiger partial charge in [-0.25, -0.2) is 4.79 Å². The van der Waals surface area contributed by atoms with E-state index in [1.807, 2.05) is 0 Å². The Morgan fingerprint density at radius 1 is 1.67 bits per heavy atom. The summed E-state index contributed by atoms with van der Waals surface area (Å²) in [6.45, 7) is 0.621. The van der Waals surface area contributed by atoms with Crippen molar-refractivity contribution in [1.29, 1.82) is 0 Å². The number of allylic oxidation sites excluding steroid dienone is 1. The summed E-state index contributed by atoms with van der Waals surface area (Å²) in [6.07, 6.45) is 3.23. The summed E-state index contributed by atoms with van der Waals surface area (Å²) >= 11 is 0. The number of esters is 1. The second kappa shape index (κ2) is 3.90. The molecule has 0 saturated carbocycles. The molecule has 0 saturated heterocycles. The number of rotatable bonds is 1. The van der Waals surface area contributed by atoms with Crippen molar-refractivity contribution in [2.24, 2.45) is 0 Å². The Balaban J connectivity index is 2.76. The molecule has 0 aromatic carbocycles. The number of amides is 1. The fourth-order valence-electron chi connectivity index (χ4n) is 1.02. The second-order valence-electron chi connectivity index (χ2n) is 2.51. The van der Waals surface area contributed by atoms with Gasteiger partial charge in [-0.1, -0.05) is 6.08 Å². The second-order valence-corrected chi connectivity index (χ2v) is 2.51. The Morgan fingerprint density at radius 2 is 2.42 bits per heavy atom. The molecule has 0 atom stereocenters. The SMILES string of the molecule is COC(=O)C1=CCCCNC1=O. The average molecular weight is 169 g/mol. The number of carbonyl (C=O) groups excluding carboxylic acids is 2. The van der Waals surface area contributed by atoms with Crippen molar-refractivity contribution < 1.29 is 14.3 Å². The molecule has 4 heteroatoms. The molecule has 1 aliphatic rings. The molecule has 1 aliphatic heterocycles. The lowest BCUT2D eigenvalue weighted by molar-refractivity contribution is -0.138. The lowest BCUT2D eigenvalue weighted by Crippen LogP contribution is -2.28. The number of nitrogens with one attached hydrogen (secondary N) is 1. The molecule has 12 heavy (non-hydrogen) atoms. The van der Waals surface area contributed by atoms with E-state index in [-0.39, 0.29) is 11.5 Å². The van der Waals surface area contributed by atoms with Crippen LogP contribution in [0, 0.1) is 0 Å². The molecule has 0 aliphatic carbocycles. The van der Waals surface area contributed by atoms with Crippen LogP contribution in [0.3, 0.4) is 0 Å². The molecule has 0 radical (unpaired) electrons. The summed E-state index contributed by atoms with van der Waals surface area (Å²) in [5.74, 6) is -0.895. The third kappa shape index (κ3) is 1.84. The molecule has 4 nitrogen and oxygen atoms in total. The molecule has 0 spiro atoms. The standard InChI is InChI=1S/C8H11NO3/c1-12-8(11)6-4-2-3-5-9-7(6)10/h4H,2-3,5H2,1H3,(H,9,10). The van der Waals surface area contributed by atoms with E-state index in [9.17, 15) is 9.59 Å². The van der Waals surface area contributed by atoms with E-state index in [0.29, 0.717) is 6.54 Å². The summed E-state index contributed by atoms with van der Waals surface area (Å²) < 4.78 is 4.45. The predicted octanol–water partition coefficient (Wildman–Crippen LogP) is -0.00420. The highest BCUT2D eigenvalue weighted by atomic mass is 16.5. The maximum atomic E-state index is 11.1. The highest BCUT2D eigenvalue weighted by Crippen LogP contribution is 2.05. The summed E-state index contributed by atoms with van der Waals surface area (Å²) in [7, 11) is 1.27.